The first-order valence-electron chi connectivity index (χ1n) is 12.1. The third-order valence-electron chi connectivity index (χ3n) is 6.42. The highest BCUT2D eigenvalue weighted by Gasteiger charge is 2.28. The number of hydrogen-bond donors (Lipinski definition) is 5. The maximum Gasteiger partial charge on any atom is 0.251 e. The van der Waals surface area contributed by atoms with Gasteiger partial charge in [0.05, 0.1) is 19.2 Å². The smallest absolute Gasteiger partial charge is 0.251 e. The number of carbonyl (C=O) groups is 3. The van der Waals surface area contributed by atoms with E-state index in [1.165, 1.54) is 67.8 Å². The predicted octanol–water partition coefficient (Wildman–Crippen LogP) is 3.18. The van der Waals surface area contributed by atoms with Gasteiger partial charge in [0, 0.05) is 23.2 Å². The van der Waals surface area contributed by atoms with Crippen LogP contribution in [0.2, 0.25) is 0 Å². The minimum absolute atomic E-state index is 0. The molecule has 3 aromatic rings. The van der Waals surface area contributed by atoms with Crippen LogP contribution in [0.25, 0.3) is 0 Å². The molecule has 1 saturated heterocycles. The molecule has 0 saturated carbocycles. The minimum atomic E-state index is -0.971. The van der Waals surface area contributed by atoms with Crippen LogP contribution in [-0.4, -0.2) is 60.1 Å². The average molecular weight is 558 g/mol. The Morgan fingerprint density at radius 1 is 0.872 bits per heavy atom. The average Bonchev–Trinajstić information content (AvgIpc) is 3.14. The number of phenols is 2. The molecule has 1 heterocycles. The lowest BCUT2D eigenvalue weighted by atomic mass is 9.99. The second-order valence-electron chi connectivity index (χ2n) is 8.94. The van der Waals surface area contributed by atoms with Gasteiger partial charge < -0.3 is 30.9 Å². The largest absolute Gasteiger partial charge is 0.508 e. The molecule has 9 nitrogen and oxygen atoms in total. The van der Waals surface area contributed by atoms with Gasteiger partial charge in [-0.05, 0) is 67.9 Å². The van der Waals surface area contributed by atoms with Crippen molar-refractivity contribution in [3.8, 4) is 17.2 Å². The molecule has 11 heteroatoms. The standard InChI is InChI=1S/C28H28FN3O6.ClH/c1-38-23-13-12-22(34)24(25(23)29)26(35)16-4-6-17(7-5-16)27(36)31-20-3-2-14-30-15-21(20)32-28(37)18-8-10-19(33)11-9-18;/h4-13,20-21,30,33-34H,2-3,14-15H2,1H3,(H,31,36)(H,32,37);1H/t20-,21-;/m1./s1. The molecule has 3 aromatic carbocycles. The van der Waals surface area contributed by atoms with Crippen molar-refractivity contribution in [3.05, 3.63) is 88.7 Å². The Balaban J connectivity index is 0.00000420. The van der Waals surface area contributed by atoms with Gasteiger partial charge in [-0.1, -0.05) is 12.1 Å². The van der Waals surface area contributed by atoms with Crippen LogP contribution in [-0.2, 0) is 0 Å². The van der Waals surface area contributed by atoms with Crippen molar-refractivity contribution in [2.45, 2.75) is 24.9 Å². The lowest BCUT2D eigenvalue weighted by molar-refractivity contribution is 0.0882. The fourth-order valence-corrected chi connectivity index (χ4v) is 4.33. The summed E-state index contributed by atoms with van der Waals surface area (Å²) in [4.78, 5) is 38.6. The molecule has 0 aliphatic carbocycles. The van der Waals surface area contributed by atoms with Crippen molar-refractivity contribution < 1.29 is 33.7 Å². The maximum absolute atomic E-state index is 14.6. The number of benzene rings is 3. The van der Waals surface area contributed by atoms with Gasteiger partial charge in [0.25, 0.3) is 11.8 Å². The number of phenolic OH excluding ortho intramolecular Hbond substituents is 2. The lowest BCUT2D eigenvalue weighted by Gasteiger charge is -2.27. The molecule has 1 aliphatic rings. The molecular formula is C28H29ClFN3O6. The maximum atomic E-state index is 14.6. The van der Waals surface area contributed by atoms with Gasteiger partial charge in [0.1, 0.15) is 17.1 Å². The van der Waals surface area contributed by atoms with E-state index in [-0.39, 0.29) is 53.0 Å². The molecule has 0 spiro atoms. The third kappa shape index (κ3) is 6.84. The summed E-state index contributed by atoms with van der Waals surface area (Å²) in [5, 5.41) is 28.7. The summed E-state index contributed by atoms with van der Waals surface area (Å²) in [6.07, 6.45) is 1.42. The Hall–Kier alpha value is -4.15. The van der Waals surface area contributed by atoms with Crippen molar-refractivity contribution in [1.82, 2.24) is 16.0 Å². The molecule has 39 heavy (non-hydrogen) atoms. The van der Waals surface area contributed by atoms with Crippen molar-refractivity contribution in [2.24, 2.45) is 0 Å². The van der Waals surface area contributed by atoms with Crippen molar-refractivity contribution in [3.63, 3.8) is 0 Å². The van der Waals surface area contributed by atoms with Gasteiger partial charge in [-0.15, -0.1) is 12.4 Å². The Kier molecular flexibility index (Phi) is 9.86. The van der Waals surface area contributed by atoms with Crippen LogP contribution in [0.4, 0.5) is 4.39 Å². The number of methoxy groups -OCH3 is 1. The molecule has 0 bridgehead atoms. The molecule has 2 amide bonds. The summed E-state index contributed by atoms with van der Waals surface area (Å²) in [6.45, 7) is 1.19. The van der Waals surface area contributed by atoms with E-state index >= 15 is 0 Å². The number of amides is 2. The van der Waals surface area contributed by atoms with Crippen molar-refractivity contribution in [1.29, 1.82) is 0 Å². The van der Waals surface area contributed by atoms with Crippen LogP contribution in [0.15, 0.2) is 60.7 Å². The first-order chi connectivity index (χ1) is 18.3. The molecule has 206 valence electrons. The summed E-state index contributed by atoms with van der Waals surface area (Å²) in [5.74, 6) is -3.08. The van der Waals surface area contributed by atoms with Crippen LogP contribution in [0.1, 0.15) is 49.5 Å². The number of halogens is 2. The van der Waals surface area contributed by atoms with Crippen LogP contribution in [0.5, 0.6) is 17.2 Å². The summed E-state index contributed by atoms with van der Waals surface area (Å²) >= 11 is 0. The third-order valence-corrected chi connectivity index (χ3v) is 6.42. The van der Waals surface area contributed by atoms with E-state index in [0.717, 1.165) is 13.0 Å². The first-order valence-corrected chi connectivity index (χ1v) is 12.1. The Labute approximate surface area is 230 Å². The SMILES string of the molecule is COc1ccc(O)c(C(=O)c2ccc(C(=O)N[C@@H]3CCCNC[C@H]3NC(=O)c3ccc(O)cc3)cc2)c1F.Cl. The zero-order valence-electron chi connectivity index (χ0n) is 21.1. The zero-order valence-corrected chi connectivity index (χ0v) is 21.9. The highest BCUT2D eigenvalue weighted by atomic mass is 35.5. The number of nitrogens with one attached hydrogen (secondary N) is 3. The quantitative estimate of drug-likeness (QED) is 0.281. The van der Waals surface area contributed by atoms with Gasteiger partial charge in [0.15, 0.2) is 17.3 Å². The fraction of sp³-hybridized carbons (Fsp3) is 0.250. The zero-order chi connectivity index (χ0) is 27.2. The Morgan fingerprint density at radius 2 is 1.44 bits per heavy atom. The number of rotatable bonds is 7. The van der Waals surface area contributed by atoms with E-state index in [0.29, 0.717) is 18.5 Å². The predicted molar refractivity (Wildman–Crippen MR) is 144 cm³/mol. The normalized spacial score (nSPS) is 16.8. The summed E-state index contributed by atoms with van der Waals surface area (Å²) in [7, 11) is 1.25. The molecule has 4 rings (SSSR count). The fourth-order valence-electron chi connectivity index (χ4n) is 4.33. The summed E-state index contributed by atoms with van der Waals surface area (Å²) < 4.78 is 19.5. The monoisotopic (exact) mass is 557 g/mol. The first kappa shape index (κ1) is 29.4. The van der Waals surface area contributed by atoms with Gasteiger partial charge >= 0.3 is 0 Å². The number of ketones is 1. The van der Waals surface area contributed by atoms with E-state index < -0.39 is 28.8 Å². The van der Waals surface area contributed by atoms with Crippen LogP contribution < -0.4 is 20.7 Å². The minimum Gasteiger partial charge on any atom is -0.508 e. The molecule has 0 radical (unpaired) electrons. The molecule has 0 unspecified atom stereocenters. The van der Waals surface area contributed by atoms with Crippen molar-refractivity contribution >= 4 is 30.0 Å². The highest BCUT2D eigenvalue weighted by molar-refractivity contribution is 6.11. The van der Waals surface area contributed by atoms with E-state index in [1.54, 1.807) is 0 Å². The van der Waals surface area contributed by atoms with E-state index in [4.69, 9.17) is 4.74 Å². The van der Waals surface area contributed by atoms with E-state index in [2.05, 4.69) is 16.0 Å². The number of ether oxygens (including phenoxy) is 1. The molecule has 1 aliphatic heterocycles. The molecule has 1 fully saturated rings. The van der Waals surface area contributed by atoms with Crippen LogP contribution in [0, 0.1) is 5.82 Å². The second-order valence-corrected chi connectivity index (χ2v) is 8.94. The molecular weight excluding hydrogens is 529 g/mol. The Morgan fingerprint density at radius 3 is 2.05 bits per heavy atom. The summed E-state index contributed by atoms with van der Waals surface area (Å²) in [5.41, 5.74) is 0.231. The van der Waals surface area contributed by atoms with E-state index in [9.17, 15) is 29.0 Å². The van der Waals surface area contributed by atoms with E-state index in [1.807, 2.05) is 0 Å². The van der Waals surface area contributed by atoms with Gasteiger partial charge in [0.2, 0.25) is 0 Å². The molecule has 2 atom stereocenters. The number of hydrogen-bond acceptors (Lipinski definition) is 7. The molecule has 5 N–H and O–H groups in total. The number of carbonyl (C=O) groups excluding carboxylic acids is 3. The van der Waals surface area contributed by atoms with Gasteiger partial charge in [-0.3, -0.25) is 14.4 Å². The lowest BCUT2D eigenvalue weighted by Crippen LogP contribution is -2.54. The van der Waals surface area contributed by atoms with Gasteiger partial charge in [-0.25, -0.2) is 4.39 Å². The highest BCUT2D eigenvalue weighted by Crippen LogP contribution is 2.30. The summed E-state index contributed by atoms with van der Waals surface area (Å²) in [6, 6.07) is 13.2. The van der Waals surface area contributed by atoms with Crippen LogP contribution >= 0.6 is 12.4 Å². The second kappa shape index (κ2) is 13.1. The van der Waals surface area contributed by atoms with Crippen molar-refractivity contribution in [2.75, 3.05) is 20.2 Å². The molecule has 0 aromatic heterocycles. The van der Waals surface area contributed by atoms with Crippen LogP contribution in [0.3, 0.4) is 0 Å². The Bertz CT molecular complexity index is 1330. The van der Waals surface area contributed by atoms with Gasteiger partial charge in [-0.2, -0.15) is 0 Å². The topological polar surface area (TPSA) is 137 Å². The number of aromatic hydroxyl groups is 2.